The van der Waals surface area contributed by atoms with Crippen molar-refractivity contribution in [3.63, 3.8) is 0 Å². The van der Waals surface area contributed by atoms with E-state index in [0.717, 1.165) is 25.5 Å². The van der Waals surface area contributed by atoms with Crippen LogP contribution < -0.4 is 16.0 Å². The van der Waals surface area contributed by atoms with Crippen molar-refractivity contribution in [1.29, 1.82) is 0 Å². The zero-order valence-corrected chi connectivity index (χ0v) is 11.3. The number of anilines is 1. The lowest BCUT2D eigenvalue weighted by Gasteiger charge is -2.36. The third-order valence-corrected chi connectivity index (χ3v) is 4.54. The van der Waals surface area contributed by atoms with E-state index in [-0.39, 0.29) is 11.2 Å². The van der Waals surface area contributed by atoms with E-state index in [2.05, 4.69) is 34.3 Å². The van der Waals surface area contributed by atoms with Crippen LogP contribution in [0.15, 0.2) is 12.1 Å². The summed E-state index contributed by atoms with van der Waals surface area (Å²) in [5.41, 5.74) is 5.45. The Hall–Kier alpha value is -1.69. The fraction of sp³-hybridized carbons (Fsp3) is 0.615. The molecule has 102 valence electrons. The van der Waals surface area contributed by atoms with Crippen LogP contribution in [0.1, 0.15) is 24.3 Å². The van der Waals surface area contributed by atoms with Gasteiger partial charge in [-0.1, -0.05) is 0 Å². The average Bonchev–Trinajstić information content (AvgIpc) is 2.92. The van der Waals surface area contributed by atoms with Crippen LogP contribution in [0.4, 0.5) is 5.82 Å². The standard InChI is InChI=1S/C13H19N5O/c1-13(2)9-6-15-5-8(9)7-18(13)11-4-3-10(12(14)19)16-17-11/h3-4,8-9,15H,5-7H2,1-2H3,(H2,14,19). The summed E-state index contributed by atoms with van der Waals surface area (Å²) in [4.78, 5) is 13.3. The maximum Gasteiger partial charge on any atom is 0.269 e. The molecule has 3 rings (SSSR count). The zero-order chi connectivity index (χ0) is 13.6. The van der Waals surface area contributed by atoms with Gasteiger partial charge in [0.25, 0.3) is 5.91 Å². The molecule has 2 saturated heterocycles. The molecule has 0 aromatic carbocycles. The fourth-order valence-corrected chi connectivity index (χ4v) is 3.41. The lowest BCUT2D eigenvalue weighted by atomic mass is 9.85. The molecule has 1 amide bonds. The highest BCUT2D eigenvalue weighted by molar-refractivity contribution is 5.90. The Kier molecular flexibility index (Phi) is 2.70. The normalized spacial score (nSPS) is 28.4. The van der Waals surface area contributed by atoms with E-state index in [9.17, 15) is 4.79 Å². The van der Waals surface area contributed by atoms with Gasteiger partial charge in [-0.05, 0) is 37.8 Å². The van der Waals surface area contributed by atoms with Crippen LogP contribution in [0.3, 0.4) is 0 Å². The number of amides is 1. The van der Waals surface area contributed by atoms with Crippen molar-refractivity contribution in [2.75, 3.05) is 24.5 Å². The van der Waals surface area contributed by atoms with Crippen LogP contribution in [0.25, 0.3) is 0 Å². The third-order valence-electron chi connectivity index (χ3n) is 4.54. The second-order valence-electron chi connectivity index (χ2n) is 5.93. The summed E-state index contributed by atoms with van der Waals surface area (Å²) in [6, 6.07) is 3.48. The number of nitrogens with one attached hydrogen (secondary N) is 1. The van der Waals surface area contributed by atoms with Gasteiger partial charge in [0.05, 0.1) is 0 Å². The molecule has 6 nitrogen and oxygen atoms in total. The van der Waals surface area contributed by atoms with Gasteiger partial charge in [-0.3, -0.25) is 4.79 Å². The molecular weight excluding hydrogens is 242 g/mol. The number of rotatable bonds is 2. The van der Waals surface area contributed by atoms with Gasteiger partial charge in [0, 0.05) is 25.2 Å². The predicted molar refractivity (Wildman–Crippen MR) is 71.8 cm³/mol. The van der Waals surface area contributed by atoms with Crippen LogP contribution in [0.5, 0.6) is 0 Å². The highest BCUT2D eigenvalue weighted by atomic mass is 16.1. The van der Waals surface area contributed by atoms with Crippen molar-refractivity contribution in [2.24, 2.45) is 17.6 Å². The maximum atomic E-state index is 11.0. The Morgan fingerprint density at radius 2 is 2.21 bits per heavy atom. The van der Waals surface area contributed by atoms with E-state index in [1.807, 2.05) is 6.07 Å². The Bertz CT molecular complexity index is 498. The number of nitrogens with zero attached hydrogens (tertiary/aromatic N) is 3. The molecular formula is C13H19N5O. The molecule has 0 bridgehead atoms. The van der Waals surface area contributed by atoms with Gasteiger partial charge in [0.1, 0.15) is 0 Å². The van der Waals surface area contributed by atoms with E-state index in [1.54, 1.807) is 6.07 Å². The fourth-order valence-electron chi connectivity index (χ4n) is 3.41. The summed E-state index contributed by atoms with van der Waals surface area (Å²) in [5, 5.41) is 11.5. The predicted octanol–water partition coefficient (Wildman–Crippen LogP) is 0.00970. The van der Waals surface area contributed by atoms with Gasteiger partial charge in [-0.25, -0.2) is 0 Å². The molecule has 19 heavy (non-hydrogen) atoms. The number of primary amides is 1. The summed E-state index contributed by atoms with van der Waals surface area (Å²) in [7, 11) is 0. The maximum absolute atomic E-state index is 11.0. The number of carbonyl (C=O) groups is 1. The van der Waals surface area contributed by atoms with Crippen LogP contribution >= 0.6 is 0 Å². The smallest absolute Gasteiger partial charge is 0.269 e. The molecule has 2 aliphatic heterocycles. The average molecular weight is 261 g/mol. The molecule has 0 saturated carbocycles. The first-order valence-corrected chi connectivity index (χ1v) is 6.62. The Labute approximate surface area is 112 Å². The number of aromatic nitrogens is 2. The van der Waals surface area contributed by atoms with Gasteiger partial charge < -0.3 is 16.0 Å². The first-order chi connectivity index (χ1) is 9.00. The number of carbonyl (C=O) groups excluding carboxylic acids is 1. The van der Waals surface area contributed by atoms with Crippen molar-refractivity contribution in [3.05, 3.63) is 17.8 Å². The molecule has 0 aliphatic carbocycles. The van der Waals surface area contributed by atoms with Gasteiger partial charge in [0.15, 0.2) is 11.5 Å². The molecule has 2 fully saturated rings. The molecule has 0 radical (unpaired) electrons. The van der Waals surface area contributed by atoms with Crippen molar-refractivity contribution >= 4 is 11.7 Å². The van der Waals surface area contributed by atoms with Gasteiger partial charge in [0.2, 0.25) is 0 Å². The van der Waals surface area contributed by atoms with E-state index >= 15 is 0 Å². The Morgan fingerprint density at radius 3 is 2.79 bits per heavy atom. The van der Waals surface area contributed by atoms with E-state index in [1.165, 1.54) is 0 Å². The SMILES string of the molecule is CC1(C)C2CNCC2CN1c1ccc(C(N)=O)nn1. The molecule has 6 heteroatoms. The molecule has 3 N–H and O–H groups in total. The summed E-state index contributed by atoms with van der Waals surface area (Å²) in [5.74, 6) is 1.57. The Balaban J connectivity index is 1.88. The van der Waals surface area contributed by atoms with Crippen LogP contribution in [-0.4, -0.2) is 41.3 Å². The number of hydrogen-bond donors (Lipinski definition) is 2. The monoisotopic (exact) mass is 261 g/mol. The molecule has 2 unspecified atom stereocenters. The van der Waals surface area contributed by atoms with E-state index in [0.29, 0.717) is 11.8 Å². The quantitative estimate of drug-likeness (QED) is 0.783. The summed E-state index contributed by atoms with van der Waals surface area (Å²) >= 11 is 0. The Morgan fingerprint density at radius 1 is 1.42 bits per heavy atom. The van der Waals surface area contributed by atoms with E-state index < -0.39 is 5.91 Å². The summed E-state index contributed by atoms with van der Waals surface area (Å²) in [6.45, 7) is 7.59. The number of nitrogens with two attached hydrogens (primary N) is 1. The molecule has 1 aromatic heterocycles. The molecule has 0 spiro atoms. The molecule has 3 heterocycles. The van der Waals surface area contributed by atoms with Crippen molar-refractivity contribution < 1.29 is 4.79 Å². The van der Waals surface area contributed by atoms with Gasteiger partial charge >= 0.3 is 0 Å². The second-order valence-corrected chi connectivity index (χ2v) is 5.93. The van der Waals surface area contributed by atoms with Gasteiger partial charge in [-0.2, -0.15) is 0 Å². The minimum absolute atomic E-state index is 0.0527. The van der Waals surface area contributed by atoms with Crippen molar-refractivity contribution in [1.82, 2.24) is 15.5 Å². The van der Waals surface area contributed by atoms with Crippen molar-refractivity contribution in [3.8, 4) is 0 Å². The lowest BCUT2D eigenvalue weighted by Crippen LogP contribution is -2.45. The highest BCUT2D eigenvalue weighted by Crippen LogP contribution is 2.42. The number of hydrogen-bond acceptors (Lipinski definition) is 5. The first kappa shape index (κ1) is 12.3. The largest absolute Gasteiger partial charge is 0.364 e. The van der Waals surface area contributed by atoms with Crippen molar-refractivity contribution in [2.45, 2.75) is 19.4 Å². The first-order valence-electron chi connectivity index (χ1n) is 6.62. The van der Waals surface area contributed by atoms with Crippen LogP contribution in [-0.2, 0) is 0 Å². The highest BCUT2D eigenvalue weighted by Gasteiger charge is 2.50. The van der Waals surface area contributed by atoms with Crippen LogP contribution in [0.2, 0.25) is 0 Å². The third kappa shape index (κ3) is 1.87. The van der Waals surface area contributed by atoms with Gasteiger partial charge in [-0.15, -0.1) is 10.2 Å². The van der Waals surface area contributed by atoms with Crippen LogP contribution in [0, 0.1) is 11.8 Å². The molecule has 1 aromatic rings. The topological polar surface area (TPSA) is 84.1 Å². The minimum Gasteiger partial charge on any atom is -0.364 e. The second kappa shape index (κ2) is 4.16. The summed E-state index contributed by atoms with van der Waals surface area (Å²) < 4.78 is 0. The minimum atomic E-state index is -0.541. The number of fused-ring (bicyclic) bond motifs is 1. The van der Waals surface area contributed by atoms with E-state index in [4.69, 9.17) is 5.73 Å². The summed E-state index contributed by atoms with van der Waals surface area (Å²) in [6.07, 6.45) is 0. The zero-order valence-electron chi connectivity index (χ0n) is 11.3. The molecule has 2 aliphatic rings. The lowest BCUT2D eigenvalue weighted by molar-refractivity contribution is 0.0994. The molecule has 2 atom stereocenters.